The Morgan fingerprint density at radius 1 is 0.844 bits per heavy atom. The lowest BCUT2D eigenvalue weighted by Gasteiger charge is -2.38. The van der Waals surface area contributed by atoms with Gasteiger partial charge in [-0.25, -0.2) is 9.18 Å². The van der Waals surface area contributed by atoms with E-state index in [1.807, 2.05) is 19.1 Å². The minimum Gasteiger partial charge on any atom is -0.478 e. The number of rotatable bonds is 5. The Hall–Kier alpha value is -3.87. The summed E-state index contributed by atoms with van der Waals surface area (Å²) in [5.74, 6) is -1.61. The van der Waals surface area contributed by atoms with E-state index in [-0.39, 0.29) is 17.3 Å². The molecule has 0 bridgehead atoms. The maximum Gasteiger partial charge on any atom is 0.335 e. The molecular weight excluding hydrogens is 409 g/mol. The fraction of sp³-hybridized carbons (Fsp3) is 0.200. The van der Waals surface area contributed by atoms with Gasteiger partial charge in [-0.3, -0.25) is 4.79 Å². The number of piperazine rings is 1. The zero-order valence-electron chi connectivity index (χ0n) is 17.7. The van der Waals surface area contributed by atoms with E-state index in [0.717, 1.165) is 30.0 Å². The summed E-state index contributed by atoms with van der Waals surface area (Å²) >= 11 is 0. The predicted molar refractivity (Wildman–Crippen MR) is 123 cm³/mol. The summed E-state index contributed by atoms with van der Waals surface area (Å²) in [7, 11) is 0. The molecule has 1 amide bonds. The number of carboxylic acids is 1. The third kappa shape index (κ3) is 4.72. The Morgan fingerprint density at radius 2 is 1.44 bits per heavy atom. The molecular formula is C25H24FN3O3. The zero-order valence-corrected chi connectivity index (χ0v) is 17.7. The number of aromatic carboxylic acids is 1. The molecule has 3 aromatic carbocycles. The van der Waals surface area contributed by atoms with Gasteiger partial charge in [0.15, 0.2) is 0 Å². The minimum atomic E-state index is -1.05. The van der Waals surface area contributed by atoms with Gasteiger partial charge < -0.3 is 20.2 Å². The first-order valence-corrected chi connectivity index (χ1v) is 10.4. The second-order valence-corrected chi connectivity index (χ2v) is 7.81. The van der Waals surface area contributed by atoms with Crippen LogP contribution in [0.25, 0.3) is 0 Å². The molecule has 1 fully saturated rings. The zero-order chi connectivity index (χ0) is 22.7. The molecule has 0 aromatic heterocycles. The number of nitrogens with one attached hydrogen (secondary N) is 1. The van der Waals surface area contributed by atoms with Crippen molar-refractivity contribution in [1.29, 1.82) is 0 Å². The molecule has 0 saturated carbocycles. The molecule has 7 heteroatoms. The van der Waals surface area contributed by atoms with E-state index in [0.29, 0.717) is 24.3 Å². The van der Waals surface area contributed by atoms with Crippen molar-refractivity contribution in [2.45, 2.75) is 6.92 Å². The third-order valence-electron chi connectivity index (χ3n) is 5.62. The van der Waals surface area contributed by atoms with E-state index in [1.165, 1.54) is 18.2 Å². The van der Waals surface area contributed by atoms with Crippen LogP contribution < -0.4 is 15.1 Å². The van der Waals surface area contributed by atoms with E-state index in [1.54, 1.807) is 36.4 Å². The number of benzene rings is 3. The van der Waals surface area contributed by atoms with Crippen molar-refractivity contribution >= 4 is 28.9 Å². The van der Waals surface area contributed by atoms with Crippen molar-refractivity contribution in [2.24, 2.45) is 0 Å². The normalized spacial score (nSPS) is 13.7. The molecule has 3 aromatic rings. The molecule has 6 nitrogen and oxygen atoms in total. The topological polar surface area (TPSA) is 72.9 Å². The summed E-state index contributed by atoms with van der Waals surface area (Å²) in [6.45, 7) is 4.74. The van der Waals surface area contributed by atoms with Gasteiger partial charge in [0.2, 0.25) is 0 Å². The lowest BCUT2D eigenvalue weighted by atomic mass is 10.1. The number of carbonyl (C=O) groups is 2. The van der Waals surface area contributed by atoms with Gasteiger partial charge in [-0.05, 0) is 61.5 Å². The van der Waals surface area contributed by atoms with Crippen LogP contribution >= 0.6 is 0 Å². The second kappa shape index (κ2) is 9.09. The molecule has 2 N–H and O–H groups in total. The molecule has 1 heterocycles. The molecule has 0 unspecified atom stereocenters. The number of hydrogen-bond acceptors (Lipinski definition) is 4. The summed E-state index contributed by atoms with van der Waals surface area (Å²) < 4.78 is 13.2. The van der Waals surface area contributed by atoms with Gasteiger partial charge >= 0.3 is 5.97 Å². The Balaban J connectivity index is 1.54. The van der Waals surface area contributed by atoms with Crippen molar-refractivity contribution < 1.29 is 19.1 Å². The Labute approximate surface area is 185 Å². The number of aryl methyl sites for hydroxylation is 1. The first-order chi connectivity index (χ1) is 15.4. The van der Waals surface area contributed by atoms with Crippen molar-refractivity contribution in [3.05, 3.63) is 89.2 Å². The van der Waals surface area contributed by atoms with E-state index >= 15 is 0 Å². The van der Waals surface area contributed by atoms with Crippen LogP contribution in [0.1, 0.15) is 26.3 Å². The number of carbonyl (C=O) groups excluding carboxylic acids is 1. The van der Waals surface area contributed by atoms with Gasteiger partial charge in [-0.15, -0.1) is 0 Å². The van der Waals surface area contributed by atoms with Crippen LogP contribution in [0.2, 0.25) is 0 Å². The fourth-order valence-electron chi connectivity index (χ4n) is 3.80. The van der Waals surface area contributed by atoms with Gasteiger partial charge in [-0.2, -0.15) is 0 Å². The molecule has 164 valence electrons. The number of nitrogens with zero attached hydrogens (tertiary/aromatic N) is 2. The molecule has 1 saturated heterocycles. The highest BCUT2D eigenvalue weighted by Gasteiger charge is 2.21. The van der Waals surface area contributed by atoms with Crippen LogP contribution in [0.4, 0.5) is 21.5 Å². The average Bonchev–Trinajstić information content (AvgIpc) is 2.80. The number of amides is 1. The standard InChI is InChI=1S/C25H24FN3O3/c1-17-2-4-18(5-3-17)24(30)27-22-16-19(25(31)32)6-11-23(22)29-14-12-28(13-15-29)21-9-7-20(26)8-10-21/h2-11,16H,12-15H2,1H3,(H,27,30)(H,31,32). The average molecular weight is 433 g/mol. The van der Waals surface area contributed by atoms with Crippen LogP contribution in [0, 0.1) is 12.7 Å². The quantitative estimate of drug-likeness (QED) is 0.624. The van der Waals surface area contributed by atoms with Crippen molar-refractivity contribution in [3.8, 4) is 0 Å². The molecule has 1 aliphatic rings. The summed E-state index contributed by atoms with van der Waals surface area (Å²) in [6, 6.07) is 18.4. The molecule has 32 heavy (non-hydrogen) atoms. The fourth-order valence-corrected chi connectivity index (χ4v) is 3.80. The van der Waals surface area contributed by atoms with E-state index < -0.39 is 5.97 Å². The smallest absolute Gasteiger partial charge is 0.335 e. The van der Waals surface area contributed by atoms with Crippen molar-refractivity contribution in [2.75, 3.05) is 41.3 Å². The molecule has 4 rings (SSSR count). The largest absolute Gasteiger partial charge is 0.478 e. The summed E-state index contributed by atoms with van der Waals surface area (Å²) in [6.07, 6.45) is 0. The Morgan fingerprint density at radius 3 is 2.06 bits per heavy atom. The van der Waals surface area contributed by atoms with Crippen LogP contribution in [0.3, 0.4) is 0 Å². The number of halogens is 1. The highest BCUT2D eigenvalue weighted by Crippen LogP contribution is 2.30. The first kappa shape index (κ1) is 21.4. The van der Waals surface area contributed by atoms with Crippen molar-refractivity contribution in [1.82, 2.24) is 0 Å². The first-order valence-electron chi connectivity index (χ1n) is 10.4. The number of anilines is 3. The SMILES string of the molecule is Cc1ccc(C(=O)Nc2cc(C(=O)O)ccc2N2CCN(c3ccc(F)cc3)CC2)cc1. The summed E-state index contributed by atoms with van der Waals surface area (Å²) in [5, 5.41) is 12.3. The van der Waals surface area contributed by atoms with Gasteiger partial charge in [0.05, 0.1) is 16.9 Å². The maximum absolute atomic E-state index is 13.2. The molecule has 0 aliphatic carbocycles. The number of hydrogen-bond donors (Lipinski definition) is 2. The lowest BCUT2D eigenvalue weighted by Crippen LogP contribution is -2.46. The van der Waals surface area contributed by atoms with Gasteiger partial charge in [0.25, 0.3) is 5.91 Å². The van der Waals surface area contributed by atoms with Gasteiger partial charge in [0, 0.05) is 37.4 Å². The van der Waals surface area contributed by atoms with Crippen LogP contribution in [0.15, 0.2) is 66.7 Å². The molecule has 1 aliphatic heterocycles. The maximum atomic E-state index is 13.2. The second-order valence-electron chi connectivity index (χ2n) is 7.81. The van der Waals surface area contributed by atoms with Crippen LogP contribution in [0.5, 0.6) is 0 Å². The van der Waals surface area contributed by atoms with Crippen LogP contribution in [-0.4, -0.2) is 43.2 Å². The lowest BCUT2D eigenvalue weighted by molar-refractivity contribution is 0.0696. The predicted octanol–water partition coefficient (Wildman–Crippen LogP) is 4.41. The highest BCUT2D eigenvalue weighted by molar-refractivity contribution is 6.06. The van der Waals surface area contributed by atoms with E-state index in [4.69, 9.17) is 0 Å². The number of carboxylic acid groups (broad SMARTS) is 1. The molecule has 0 atom stereocenters. The van der Waals surface area contributed by atoms with Gasteiger partial charge in [-0.1, -0.05) is 17.7 Å². The molecule has 0 spiro atoms. The van der Waals surface area contributed by atoms with Crippen LogP contribution in [-0.2, 0) is 0 Å². The third-order valence-corrected chi connectivity index (χ3v) is 5.62. The highest BCUT2D eigenvalue weighted by atomic mass is 19.1. The summed E-state index contributed by atoms with van der Waals surface area (Å²) in [5.41, 5.74) is 3.86. The Kier molecular flexibility index (Phi) is 6.07. The van der Waals surface area contributed by atoms with Crippen molar-refractivity contribution in [3.63, 3.8) is 0 Å². The minimum absolute atomic E-state index is 0.109. The summed E-state index contributed by atoms with van der Waals surface area (Å²) in [4.78, 5) is 28.6. The Bertz CT molecular complexity index is 1120. The molecule has 0 radical (unpaired) electrons. The van der Waals surface area contributed by atoms with Gasteiger partial charge in [0.1, 0.15) is 5.82 Å². The van der Waals surface area contributed by atoms with E-state index in [2.05, 4.69) is 15.1 Å². The van der Waals surface area contributed by atoms with E-state index in [9.17, 15) is 19.1 Å². The monoisotopic (exact) mass is 433 g/mol.